The van der Waals surface area contributed by atoms with Crippen LogP contribution in [0.5, 0.6) is 11.5 Å². The second kappa shape index (κ2) is 6.84. The number of rotatable bonds is 4. The SMILES string of the molecule is COc1cccc(-c2nc(-c3ccccc3)nc3ccc(OC)cc23)c1. The van der Waals surface area contributed by atoms with E-state index in [-0.39, 0.29) is 0 Å². The number of benzene rings is 3. The summed E-state index contributed by atoms with van der Waals surface area (Å²) in [7, 11) is 3.32. The van der Waals surface area contributed by atoms with Gasteiger partial charge in [0.2, 0.25) is 0 Å². The zero-order chi connectivity index (χ0) is 17.9. The molecule has 4 rings (SSSR count). The number of fused-ring (bicyclic) bond motifs is 1. The molecule has 26 heavy (non-hydrogen) atoms. The Morgan fingerprint density at radius 1 is 0.654 bits per heavy atom. The van der Waals surface area contributed by atoms with Crippen LogP contribution in [0.25, 0.3) is 33.5 Å². The Kier molecular flexibility index (Phi) is 4.23. The minimum atomic E-state index is 0.695. The number of hydrogen-bond acceptors (Lipinski definition) is 4. The topological polar surface area (TPSA) is 44.2 Å². The van der Waals surface area contributed by atoms with E-state index in [4.69, 9.17) is 19.4 Å². The van der Waals surface area contributed by atoms with Crippen LogP contribution in [0.4, 0.5) is 0 Å². The Morgan fingerprint density at radius 3 is 2.15 bits per heavy atom. The first-order valence-corrected chi connectivity index (χ1v) is 8.34. The van der Waals surface area contributed by atoms with Crippen molar-refractivity contribution in [3.8, 4) is 34.1 Å². The molecule has 3 aromatic carbocycles. The predicted octanol–water partition coefficient (Wildman–Crippen LogP) is 4.98. The van der Waals surface area contributed by atoms with Crippen LogP contribution in [0.15, 0.2) is 72.8 Å². The highest BCUT2D eigenvalue weighted by atomic mass is 16.5. The molecule has 0 saturated heterocycles. The lowest BCUT2D eigenvalue weighted by molar-refractivity contribution is 0.415. The molecule has 128 valence electrons. The summed E-state index contributed by atoms with van der Waals surface area (Å²) < 4.78 is 10.8. The highest BCUT2D eigenvalue weighted by Crippen LogP contribution is 2.32. The molecule has 0 fully saturated rings. The Balaban J connectivity index is 2.00. The van der Waals surface area contributed by atoms with E-state index in [1.807, 2.05) is 72.8 Å². The van der Waals surface area contributed by atoms with Crippen molar-refractivity contribution in [2.45, 2.75) is 0 Å². The molecule has 4 heteroatoms. The van der Waals surface area contributed by atoms with E-state index in [1.54, 1.807) is 14.2 Å². The highest BCUT2D eigenvalue weighted by molar-refractivity contribution is 5.94. The quantitative estimate of drug-likeness (QED) is 0.524. The number of ether oxygens (including phenoxy) is 2. The van der Waals surface area contributed by atoms with Crippen LogP contribution in [0, 0.1) is 0 Å². The summed E-state index contributed by atoms with van der Waals surface area (Å²) in [6.07, 6.45) is 0. The molecule has 0 spiro atoms. The lowest BCUT2D eigenvalue weighted by Crippen LogP contribution is -1.96. The third kappa shape index (κ3) is 2.97. The normalized spacial score (nSPS) is 10.7. The summed E-state index contributed by atoms with van der Waals surface area (Å²) >= 11 is 0. The lowest BCUT2D eigenvalue weighted by atomic mass is 10.0. The molecule has 0 aliphatic carbocycles. The van der Waals surface area contributed by atoms with Gasteiger partial charge in [-0.15, -0.1) is 0 Å². The van der Waals surface area contributed by atoms with Crippen molar-refractivity contribution in [3.05, 3.63) is 72.8 Å². The number of aromatic nitrogens is 2. The van der Waals surface area contributed by atoms with E-state index < -0.39 is 0 Å². The second-order valence-electron chi connectivity index (χ2n) is 5.88. The average molecular weight is 342 g/mol. The molecule has 4 nitrogen and oxygen atoms in total. The Morgan fingerprint density at radius 2 is 1.38 bits per heavy atom. The minimum Gasteiger partial charge on any atom is -0.497 e. The van der Waals surface area contributed by atoms with Gasteiger partial charge in [-0.05, 0) is 30.3 Å². The summed E-state index contributed by atoms with van der Waals surface area (Å²) in [6.45, 7) is 0. The van der Waals surface area contributed by atoms with Crippen molar-refractivity contribution < 1.29 is 9.47 Å². The molecule has 0 aliphatic heterocycles. The summed E-state index contributed by atoms with van der Waals surface area (Å²) in [5.74, 6) is 2.26. The van der Waals surface area contributed by atoms with Crippen molar-refractivity contribution in [3.63, 3.8) is 0 Å². The first kappa shape index (κ1) is 16.1. The molecule has 0 unspecified atom stereocenters. The number of methoxy groups -OCH3 is 2. The van der Waals surface area contributed by atoms with Crippen LogP contribution in [0.1, 0.15) is 0 Å². The number of nitrogens with zero attached hydrogens (tertiary/aromatic N) is 2. The first-order valence-electron chi connectivity index (χ1n) is 8.34. The van der Waals surface area contributed by atoms with Gasteiger partial charge in [0.15, 0.2) is 5.82 Å². The molecule has 0 bridgehead atoms. The van der Waals surface area contributed by atoms with Crippen molar-refractivity contribution in [1.82, 2.24) is 9.97 Å². The van der Waals surface area contributed by atoms with Crippen molar-refractivity contribution >= 4 is 10.9 Å². The first-order chi connectivity index (χ1) is 12.8. The number of hydrogen-bond donors (Lipinski definition) is 0. The zero-order valence-corrected chi connectivity index (χ0v) is 14.6. The predicted molar refractivity (Wildman–Crippen MR) is 104 cm³/mol. The van der Waals surface area contributed by atoms with Crippen LogP contribution in [-0.2, 0) is 0 Å². The molecular weight excluding hydrogens is 324 g/mol. The Bertz CT molecular complexity index is 1060. The third-order valence-electron chi connectivity index (χ3n) is 4.28. The van der Waals surface area contributed by atoms with E-state index in [9.17, 15) is 0 Å². The molecular formula is C22H18N2O2. The van der Waals surface area contributed by atoms with Crippen LogP contribution >= 0.6 is 0 Å². The van der Waals surface area contributed by atoms with E-state index in [0.29, 0.717) is 5.82 Å². The summed E-state index contributed by atoms with van der Waals surface area (Å²) in [6, 6.07) is 23.7. The fourth-order valence-corrected chi connectivity index (χ4v) is 2.94. The maximum atomic E-state index is 5.39. The molecule has 0 radical (unpaired) electrons. The maximum absolute atomic E-state index is 5.39. The summed E-state index contributed by atoms with van der Waals surface area (Å²) in [4.78, 5) is 9.62. The van der Waals surface area contributed by atoms with Gasteiger partial charge in [0.25, 0.3) is 0 Å². The van der Waals surface area contributed by atoms with Gasteiger partial charge in [-0.1, -0.05) is 42.5 Å². The van der Waals surface area contributed by atoms with Crippen molar-refractivity contribution in [2.75, 3.05) is 14.2 Å². The van der Waals surface area contributed by atoms with E-state index in [2.05, 4.69) is 0 Å². The van der Waals surface area contributed by atoms with Gasteiger partial charge in [-0.25, -0.2) is 9.97 Å². The van der Waals surface area contributed by atoms with E-state index >= 15 is 0 Å². The van der Waals surface area contributed by atoms with Gasteiger partial charge in [-0.2, -0.15) is 0 Å². The van der Waals surface area contributed by atoms with Crippen molar-refractivity contribution in [1.29, 1.82) is 0 Å². The Hall–Kier alpha value is -3.40. The minimum absolute atomic E-state index is 0.695. The molecule has 0 N–H and O–H groups in total. The average Bonchev–Trinajstić information content (AvgIpc) is 2.73. The van der Waals surface area contributed by atoms with Crippen LogP contribution in [0.2, 0.25) is 0 Å². The molecule has 0 aliphatic rings. The van der Waals surface area contributed by atoms with Gasteiger partial charge >= 0.3 is 0 Å². The monoisotopic (exact) mass is 342 g/mol. The lowest BCUT2D eigenvalue weighted by Gasteiger charge is -2.11. The molecule has 0 amide bonds. The highest BCUT2D eigenvalue weighted by Gasteiger charge is 2.13. The van der Waals surface area contributed by atoms with Gasteiger partial charge in [0.05, 0.1) is 25.4 Å². The van der Waals surface area contributed by atoms with Gasteiger partial charge in [0, 0.05) is 16.5 Å². The van der Waals surface area contributed by atoms with Crippen LogP contribution in [-0.4, -0.2) is 24.2 Å². The fraction of sp³-hybridized carbons (Fsp3) is 0.0909. The maximum Gasteiger partial charge on any atom is 0.160 e. The van der Waals surface area contributed by atoms with Crippen LogP contribution < -0.4 is 9.47 Å². The second-order valence-corrected chi connectivity index (χ2v) is 5.88. The van der Waals surface area contributed by atoms with Crippen LogP contribution in [0.3, 0.4) is 0 Å². The Labute approximate surface area is 152 Å². The standard InChI is InChI=1S/C22H18N2O2/c1-25-17-10-6-9-16(13-17)21-19-14-18(26-2)11-12-20(19)23-22(24-21)15-7-4-3-5-8-15/h3-14H,1-2H3. The molecule has 4 aromatic rings. The van der Waals surface area contributed by atoms with Gasteiger partial charge < -0.3 is 9.47 Å². The van der Waals surface area contributed by atoms with E-state index in [0.717, 1.165) is 39.2 Å². The molecule has 0 saturated carbocycles. The largest absolute Gasteiger partial charge is 0.497 e. The molecule has 1 heterocycles. The smallest absolute Gasteiger partial charge is 0.160 e. The van der Waals surface area contributed by atoms with Gasteiger partial charge in [0.1, 0.15) is 11.5 Å². The van der Waals surface area contributed by atoms with Gasteiger partial charge in [-0.3, -0.25) is 0 Å². The fourth-order valence-electron chi connectivity index (χ4n) is 2.94. The molecule has 0 atom stereocenters. The third-order valence-corrected chi connectivity index (χ3v) is 4.28. The molecule has 1 aromatic heterocycles. The zero-order valence-electron chi connectivity index (χ0n) is 14.6. The van der Waals surface area contributed by atoms with Crippen molar-refractivity contribution in [2.24, 2.45) is 0 Å². The van der Waals surface area contributed by atoms with E-state index in [1.165, 1.54) is 0 Å². The summed E-state index contributed by atoms with van der Waals surface area (Å²) in [5, 5.41) is 0.942. The summed E-state index contributed by atoms with van der Waals surface area (Å²) in [5.41, 5.74) is 3.68.